The van der Waals surface area contributed by atoms with Gasteiger partial charge in [-0.2, -0.15) is 5.26 Å². The molecule has 27 heavy (non-hydrogen) atoms. The maximum atomic E-state index is 11.4. The van der Waals surface area contributed by atoms with E-state index >= 15 is 0 Å². The lowest BCUT2D eigenvalue weighted by Crippen LogP contribution is -2.17. The van der Waals surface area contributed by atoms with Crippen molar-refractivity contribution in [1.82, 2.24) is 0 Å². The summed E-state index contributed by atoms with van der Waals surface area (Å²) in [5.41, 5.74) is 0.693. The van der Waals surface area contributed by atoms with E-state index in [4.69, 9.17) is 37.9 Å². The van der Waals surface area contributed by atoms with Crippen molar-refractivity contribution < 1.29 is 24.2 Å². The summed E-state index contributed by atoms with van der Waals surface area (Å²) in [6.45, 7) is -0.152. The highest BCUT2D eigenvalue weighted by molar-refractivity contribution is 6.42. The van der Waals surface area contributed by atoms with Crippen LogP contribution in [0.25, 0.3) is 0 Å². The van der Waals surface area contributed by atoms with Gasteiger partial charge in [0.05, 0.1) is 10.0 Å². The van der Waals surface area contributed by atoms with E-state index in [0.717, 1.165) is 0 Å². The molecule has 7 nitrogen and oxygen atoms in total. The normalized spacial score (nSPS) is 10.8. The number of hydrogen-bond donors (Lipinski definition) is 1. The molecular weight excluding hydrogens is 395 g/mol. The summed E-state index contributed by atoms with van der Waals surface area (Å²) < 4.78 is 10.8. The Hall–Kier alpha value is -2.95. The lowest BCUT2D eigenvalue weighted by molar-refractivity contribution is -0.129. The number of hydrogen-bond acceptors (Lipinski definition) is 6. The first-order chi connectivity index (χ1) is 13.0. The molecule has 0 aliphatic rings. The van der Waals surface area contributed by atoms with E-state index in [0.29, 0.717) is 16.9 Å². The summed E-state index contributed by atoms with van der Waals surface area (Å²) >= 11 is 12.2. The third-order valence-electron chi connectivity index (χ3n) is 3.30. The van der Waals surface area contributed by atoms with Gasteiger partial charge in [-0.3, -0.25) is 0 Å². The molecule has 0 fully saturated rings. The van der Waals surface area contributed by atoms with E-state index in [-0.39, 0.29) is 34.7 Å². The number of carbonyl (C=O) groups is 1. The van der Waals surface area contributed by atoms with Crippen LogP contribution in [0.15, 0.2) is 41.6 Å². The molecule has 0 radical (unpaired) electrons. The van der Waals surface area contributed by atoms with Crippen LogP contribution in [0.5, 0.6) is 11.5 Å². The second-order valence-electron chi connectivity index (χ2n) is 5.04. The fraction of sp³-hybridized carbons (Fsp3) is 0.167. The van der Waals surface area contributed by atoms with E-state index in [2.05, 4.69) is 9.99 Å². The molecule has 0 amide bonds. The van der Waals surface area contributed by atoms with E-state index in [1.54, 1.807) is 24.3 Å². The molecule has 0 unspecified atom stereocenters. The second kappa shape index (κ2) is 9.67. The van der Waals surface area contributed by atoms with E-state index in [9.17, 15) is 9.90 Å². The summed E-state index contributed by atoms with van der Waals surface area (Å²) in [7, 11) is 1.27. The minimum Gasteiger partial charge on any atom is -0.489 e. The van der Waals surface area contributed by atoms with Crippen molar-refractivity contribution in [3.8, 4) is 17.6 Å². The van der Waals surface area contributed by atoms with Crippen LogP contribution >= 0.6 is 23.2 Å². The van der Waals surface area contributed by atoms with Gasteiger partial charge in [0.15, 0.2) is 18.1 Å². The number of rotatable bonds is 8. The summed E-state index contributed by atoms with van der Waals surface area (Å²) in [5, 5.41) is 21.8. The Balaban J connectivity index is 2.24. The Labute approximate surface area is 165 Å². The molecule has 0 aromatic heterocycles. The van der Waals surface area contributed by atoms with Gasteiger partial charge in [0.25, 0.3) is 0 Å². The molecule has 2 aromatic carbocycles. The van der Waals surface area contributed by atoms with Gasteiger partial charge >= 0.3 is 5.97 Å². The largest absolute Gasteiger partial charge is 0.489 e. The molecule has 0 heterocycles. The fourth-order valence-electron chi connectivity index (χ4n) is 2.20. The van der Waals surface area contributed by atoms with Crippen LogP contribution in [0.3, 0.4) is 0 Å². The summed E-state index contributed by atoms with van der Waals surface area (Å²) in [6.07, 6.45) is 0. The summed E-state index contributed by atoms with van der Waals surface area (Å²) in [5.74, 6) is -0.688. The van der Waals surface area contributed by atoms with E-state index in [1.807, 2.05) is 6.07 Å². The van der Waals surface area contributed by atoms with Gasteiger partial charge in [0, 0.05) is 17.7 Å². The number of halogens is 2. The second-order valence-corrected chi connectivity index (χ2v) is 5.85. The van der Waals surface area contributed by atoms with Gasteiger partial charge in [-0.05, 0) is 5.56 Å². The molecule has 0 saturated heterocycles. The van der Waals surface area contributed by atoms with Crippen LogP contribution in [0.2, 0.25) is 10.0 Å². The van der Waals surface area contributed by atoms with Crippen LogP contribution in [-0.4, -0.2) is 30.5 Å². The third kappa shape index (κ3) is 5.26. The standard InChI is InChI=1S/C18H14Cl2N2O5/c1-25-22-16(18(23)24)13-5-3-2-4-11(13)10-27-12-8-14(19)17(15(20)9-12)26-7-6-21/h2-5,8-9H,7,10H2,1H3,(H,23,24)/b22-16+. The topological polar surface area (TPSA) is 101 Å². The monoisotopic (exact) mass is 408 g/mol. The van der Waals surface area contributed by atoms with Crippen LogP contribution in [0, 0.1) is 11.3 Å². The molecule has 2 aromatic rings. The lowest BCUT2D eigenvalue weighted by atomic mass is 10.0. The average molecular weight is 409 g/mol. The van der Waals surface area contributed by atoms with Crippen molar-refractivity contribution in [2.24, 2.45) is 5.16 Å². The highest BCUT2D eigenvalue weighted by Crippen LogP contribution is 2.37. The first-order valence-corrected chi connectivity index (χ1v) is 8.27. The number of carboxylic acids is 1. The maximum Gasteiger partial charge on any atom is 0.358 e. The highest BCUT2D eigenvalue weighted by Gasteiger charge is 2.18. The SMILES string of the molecule is CO/N=C(/C(=O)O)c1ccccc1COc1cc(Cl)c(OCC#N)c(Cl)c1. The summed E-state index contributed by atoms with van der Waals surface area (Å²) in [6, 6.07) is 11.5. The van der Waals surface area contributed by atoms with E-state index < -0.39 is 5.97 Å². The lowest BCUT2D eigenvalue weighted by Gasteiger charge is -2.13. The Kier molecular flexibility index (Phi) is 7.29. The smallest absolute Gasteiger partial charge is 0.358 e. The van der Waals surface area contributed by atoms with Crippen molar-refractivity contribution in [1.29, 1.82) is 5.26 Å². The minimum absolute atomic E-state index is 0.0389. The molecule has 0 atom stereocenters. The zero-order valence-corrected chi connectivity index (χ0v) is 15.6. The Morgan fingerprint density at radius 2 is 1.89 bits per heavy atom. The molecule has 0 spiro atoms. The average Bonchev–Trinajstić information content (AvgIpc) is 2.64. The zero-order chi connectivity index (χ0) is 19.8. The number of nitriles is 1. The third-order valence-corrected chi connectivity index (χ3v) is 3.87. The van der Waals surface area contributed by atoms with Crippen molar-refractivity contribution in [3.63, 3.8) is 0 Å². The fourth-order valence-corrected chi connectivity index (χ4v) is 2.77. The number of aliphatic carboxylic acids is 1. The number of ether oxygens (including phenoxy) is 2. The van der Waals surface area contributed by atoms with Gasteiger partial charge in [0.1, 0.15) is 25.5 Å². The van der Waals surface area contributed by atoms with Gasteiger partial charge in [-0.1, -0.05) is 52.6 Å². The first kappa shape index (κ1) is 20.4. The minimum atomic E-state index is -1.23. The van der Waals surface area contributed by atoms with Crippen LogP contribution in [-0.2, 0) is 16.2 Å². The molecule has 1 N–H and O–H groups in total. The number of carboxylic acid groups (broad SMARTS) is 1. The van der Waals surface area contributed by atoms with Gasteiger partial charge in [0.2, 0.25) is 0 Å². The Bertz CT molecular complexity index is 886. The van der Waals surface area contributed by atoms with Crippen LogP contribution in [0.1, 0.15) is 11.1 Å². The maximum absolute atomic E-state index is 11.4. The predicted molar refractivity (Wildman–Crippen MR) is 99.5 cm³/mol. The van der Waals surface area contributed by atoms with Crippen molar-refractivity contribution >= 4 is 34.9 Å². The van der Waals surface area contributed by atoms with Crippen LogP contribution < -0.4 is 9.47 Å². The zero-order valence-electron chi connectivity index (χ0n) is 14.1. The highest BCUT2D eigenvalue weighted by atomic mass is 35.5. The molecule has 0 bridgehead atoms. The number of oxime groups is 1. The van der Waals surface area contributed by atoms with Gasteiger partial charge < -0.3 is 19.4 Å². The van der Waals surface area contributed by atoms with Gasteiger partial charge in [-0.15, -0.1) is 0 Å². The molecule has 9 heteroatoms. The molecule has 140 valence electrons. The number of nitrogens with zero attached hydrogens (tertiary/aromatic N) is 2. The van der Waals surface area contributed by atoms with Crippen LogP contribution in [0.4, 0.5) is 0 Å². The van der Waals surface area contributed by atoms with Crippen molar-refractivity contribution in [2.75, 3.05) is 13.7 Å². The predicted octanol–water partition coefficient (Wildman–Crippen LogP) is 3.91. The molecule has 0 aliphatic carbocycles. The van der Waals surface area contributed by atoms with Gasteiger partial charge in [-0.25, -0.2) is 4.79 Å². The van der Waals surface area contributed by atoms with E-state index in [1.165, 1.54) is 19.2 Å². The molecule has 2 rings (SSSR count). The Morgan fingerprint density at radius 3 is 2.48 bits per heavy atom. The molecule has 0 aliphatic heterocycles. The van der Waals surface area contributed by atoms with Crippen molar-refractivity contribution in [3.05, 3.63) is 57.6 Å². The molecular formula is C18H14Cl2N2O5. The van der Waals surface area contributed by atoms with Crippen molar-refractivity contribution in [2.45, 2.75) is 6.61 Å². The Morgan fingerprint density at radius 1 is 1.22 bits per heavy atom. The quantitative estimate of drug-likeness (QED) is 0.524. The summed E-state index contributed by atoms with van der Waals surface area (Å²) in [4.78, 5) is 16.0. The number of benzene rings is 2. The molecule has 0 saturated carbocycles. The first-order valence-electron chi connectivity index (χ1n) is 7.52.